The lowest BCUT2D eigenvalue weighted by Crippen LogP contribution is -2.12. The van der Waals surface area contributed by atoms with Crippen molar-refractivity contribution in [1.29, 1.82) is 0 Å². The molecule has 0 fully saturated rings. The number of fused-ring (bicyclic) bond motifs is 1. The minimum absolute atomic E-state index is 0.142. The van der Waals surface area contributed by atoms with Crippen LogP contribution in [-0.2, 0) is 12.6 Å². The van der Waals surface area contributed by atoms with Gasteiger partial charge in [0.15, 0.2) is 17.0 Å². The molecule has 0 atom stereocenters. The molecule has 96 valence electrons. The molecule has 2 aromatic rings. The Morgan fingerprint density at radius 2 is 2.17 bits per heavy atom. The number of carboxylic acids is 1. The maximum atomic E-state index is 12.5. The first-order valence-electron chi connectivity index (χ1n) is 5.02. The van der Waals surface area contributed by atoms with E-state index in [1.54, 1.807) is 6.92 Å². The fourth-order valence-electron chi connectivity index (χ4n) is 1.59. The number of nitrogens with zero attached hydrogens (tertiary/aromatic N) is 3. The molecular weight excluding hydrogens is 251 g/mol. The van der Waals surface area contributed by atoms with Gasteiger partial charge in [0.05, 0.1) is 0 Å². The highest BCUT2D eigenvalue weighted by molar-refractivity contribution is 5.88. The zero-order valence-corrected chi connectivity index (χ0v) is 9.19. The van der Waals surface area contributed by atoms with Crippen LogP contribution in [0.25, 0.3) is 5.65 Å². The summed E-state index contributed by atoms with van der Waals surface area (Å²) in [5.41, 5.74) is -1.27. The third-order valence-corrected chi connectivity index (χ3v) is 2.43. The number of carbonyl (C=O) groups is 1. The molecule has 0 saturated heterocycles. The summed E-state index contributed by atoms with van der Waals surface area (Å²) in [6, 6.07) is 0.714. The molecule has 0 radical (unpaired) electrons. The van der Waals surface area contributed by atoms with Crippen LogP contribution in [0, 0.1) is 0 Å². The molecular formula is C10H8F3N3O2. The first-order chi connectivity index (χ1) is 8.34. The second-order valence-electron chi connectivity index (χ2n) is 3.59. The van der Waals surface area contributed by atoms with Crippen LogP contribution in [0.5, 0.6) is 0 Å². The predicted octanol–water partition coefficient (Wildman–Crippen LogP) is 2.01. The Hall–Kier alpha value is -2.12. The average Bonchev–Trinajstić information content (AvgIpc) is 2.70. The number of alkyl halides is 3. The molecule has 0 aromatic carbocycles. The summed E-state index contributed by atoms with van der Waals surface area (Å²) >= 11 is 0. The van der Waals surface area contributed by atoms with Crippen LogP contribution < -0.4 is 0 Å². The smallest absolute Gasteiger partial charge is 0.435 e. The van der Waals surface area contributed by atoms with Crippen LogP contribution in [0.1, 0.15) is 28.7 Å². The molecule has 0 aliphatic rings. The number of hydrogen-bond acceptors (Lipinski definition) is 3. The Balaban J connectivity index is 2.77. The first kappa shape index (κ1) is 12.3. The first-order valence-corrected chi connectivity index (χ1v) is 5.02. The van der Waals surface area contributed by atoms with Gasteiger partial charge >= 0.3 is 12.1 Å². The fourth-order valence-corrected chi connectivity index (χ4v) is 1.59. The average molecular weight is 259 g/mol. The molecule has 0 aliphatic heterocycles. The number of aromatic carboxylic acids is 1. The van der Waals surface area contributed by atoms with Crippen molar-refractivity contribution < 1.29 is 23.1 Å². The number of aryl methyl sites for hydroxylation is 1. The van der Waals surface area contributed by atoms with E-state index >= 15 is 0 Å². The van der Waals surface area contributed by atoms with E-state index < -0.39 is 17.8 Å². The van der Waals surface area contributed by atoms with Gasteiger partial charge in [0.2, 0.25) is 0 Å². The summed E-state index contributed by atoms with van der Waals surface area (Å²) in [4.78, 5) is 14.9. The molecule has 0 amide bonds. The Bertz CT molecular complexity index is 619. The molecule has 8 heteroatoms. The van der Waals surface area contributed by atoms with Gasteiger partial charge in [-0.05, 0) is 6.42 Å². The molecule has 2 aromatic heterocycles. The highest BCUT2D eigenvalue weighted by Crippen LogP contribution is 2.29. The van der Waals surface area contributed by atoms with Gasteiger partial charge in [-0.15, -0.1) is 0 Å². The minimum atomic E-state index is -4.63. The topological polar surface area (TPSA) is 67.5 Å². The van der Waals surface area contributed by atoms with Gasteiger partial charge < -0.3 is 5.11 Å². The van der Waals surface area contributed by atoms with Crippen LogP contribution in [-0.4, -0.2) is 25.7 Å². The summed E-state index contributed by atoms with van der Waals surface area (Å²) < 4.78 is 38.2. The van der Waals surface area contributed by atoms with Gasteiger partial charge in [-0.2, -0.15) is 18.3 Å². The van der Waals surface area contributed by atoms with Crippen molar-refractivity contribution in [2.24, 2.45) is 0 Å². The molecule has 0 saturated carbocycles. The van der Waals surface area contributed by atoms with E-state index in [9.17, 15) is 18.0 Å². The van der Waals surface area contributed by atoms with E-state index in [2.05, 4.69) is 10.1 Å². The molecule has 0 aliphatic carbocycles. The predicted molar refractivity (Wildman–Crippen MR) is 54.3 cm³/mol. The number of carboxylic acid groups (broad SMARTS) is 1. The quantitative estimate of drug-likeness (QED) is 0.895. The number of halogens is 3. The Kier molecular flexibility index (Phi) is 2.72. The van der Waals surface area contributed by atoms with Crippen molar-refractivity contribution in [1.82, 2.24) is 14.6 Å². The van der Waals surface area contributed by atoms with Crippen molar-refractivity contribution in [3.05, 3.63) is 29.2 Å². The molecule has 5 nitrogen and oxygen atoms in total. The fraction of sp³-hybridized carbons (Fsp3) is 0.300. The molecule has 2 rings (SSSR count). The molecule has 0 unspecified atom stereocenters. The van der Waals surface area contributed by atoms with Gasteiger partial charge in [0, 0.05) is 17.8 Å². The Morgan fingerprint density at radius 1 is 1.50 bits per heavy atom. The van der Waals surface area contributed by atoms with Crippen molar-refractivity contribution >= 4 is 11.6 Å². The van der Waals surface area contributed by atoms with E-state index in [0.29, 0.717) is 22.6 Å². The lowest BCUT2D eigenvalue weighted by Gasteiger charge is -2.04. The van der Waals surface area contributed by atoms with Gasteiger partial charge in [-0.1, -0.05) is 6.92 Å². The van der Waals surface area contributed by atoms with Crippen molar-refractivity contribution in [3.63, 3.8) is 0 Å². The second kappa shape index (κ2) is 3.97. The lowest BCUT2D eigenvalue weighted by atomic mass is 10.2. The third-order valence-electron chi connectivity index (χ3n) is 2.43. The normalized spacial score (nSPS) is 12.0. The van der Waals surface area contributed by atoms with Gasteiger partial charge in [-0.3, -0.25) is 0 Å². The zero-order chi connectivity index (χ0) is 13.5. The summed E-state index contributed by atoms with van der Waals surface area (Å²) in [6.45, 7) is 1.68. The van der Waals surface area contributed by atoms with Crippen molar-refractivity contribution in [3.8, 4) is 0 Å². The van der Waals surface area contributed by atoms with E-state index in [-0.39, 0.29) is 11.3 Å². The Morgan fingerprint density at radius 3 is 2.67 bits per heavy atom. The molecule has 0 bridgehead atoms. The number of aromatic nitrogens is 3. The van der Waals surface area contributed by atoms with Crippen LogP contribution >= 0.6 is 0 Å². The second-order valence-corrected chi connectivity index (χ2v) is 3.59. The lowest BCUT2D eigenvalue weighted by molar-refractivity contribution is -0.141. The minimum Gasteiger partial charge on any atom is -0.476 e. The summed E-state index contributed by atoms with van der Waals surface area (Å²) in [6.07, 6.45) is -3.04. The maximum Gasteiger partial charge on any atom is 0.435 e. The van der Waals surface area contributed by atoms with Crippen molar-refractivity contribution in [2.45, 2.75) is 19.5 Å². The van der Waals surface area contributed by atoms with Gasteiger partial charge in [0.1, 0.15) is 0 Å². The van der Waals surface area contributed by atoms with Crippen LogP contribution in [0.4, 0.5) is 13.2 Å². The standard InChI is InChI=1S/C10H8F3N3O2/c1-2-5-4-14-7-3-6(10(11,12)13)15-16(7)8(5)9(17)18/h3-4H,2H2,1H3,(H,17,18). The van der Waals surface area contributed by atoms with Gasteiger partial charge in [0.25, 0.3) is 0 Å². The summed E-state index contributed by atoms with van der Waals surface area (Å²) in [7, 11) is 0. The van der Waals surface area contributed by atoms with Crippen LogP contribution in [0.15, 0.2) is 12.3 Å². The third kappa shape index (κ3) is 1.89. The zero-order valence-electron chi connectivity index (χ0n) is 9.19. The highest BCUT2D eigenvalue weighted by Gasteiger charge is 2.35. The van der Waals surface area contributed by atoms with Crippen LogP contribution in [0.3, 0.4) is 0 Å². The largest absolute Gasteiger partial charge is 0.476 e. The highest BCUT2D eigenvalue weighted by atomic mass is 19.4. The van der Waals surface area contributed by atoms with Gasteiger partial charge in [-0.25, -0.2) is 14.3 Å². The van der Waals surface area contributed by atoms with Crippen LogP contribution in [0.2, 0.25) is 0 Å². The summed E-state index contributed by atoms with van der Waals surface area (Å²) in [5.74, 6) is -1.34. The van der Waals surface area contributed by atoms with E-state index in [1.165, 1.54) is 6.20 Å². The van der Waals surface area contributed by atoms with E-state index in [4.69, 9.17) is 5.11 Å². The monoisotopic (exact) mass is 259 g/mol. The molecule has 1 N–H and O–H groups in total. The summed E-state index contributed by atoms with van der Waals surface area (Å²) in [5, 5.41) is 12.3. The van der Waals surface area contributed by atoms with E-state index in [1.807, 2.05) is 0 Å². The molecule has 18 heavy (non-hydrogen) atoms. The van der Waals surface area contributed by atoms with E-state index in [0.717, 1.165) is 0 Å². The molecule has 2 heterocycles. The maximum absolute atomic E-state index is 12.5. The van der Waals surface area contributed by atoms with Crippen molar-refractivity contribution in [2.75, 3.05) is 0 Å². The Labute approximate surface area is 98.9 Å². The number of hydrogen-bond donors (Lipinski definition) is 1. The number of rotatable bonds is 2. The SMILES string of the molecule is CCc1cnc2cc(C(F)(F)F)nn2c1C(=O)O. The molecule has 0 spiro atoms.